The third-order valence-corrected chi connectivity index (χ3v) is 17.9. The molecule has 6 nitrogen and oxygen atoms in total. The van der Waals surface area contributed by atoms with Gasteiger partial charge in [-0.05, 0) is 146 Å². The van der Waals surface area contributed by atoms with Gasteiger partial charge >= 0.3 is 0 Å². The zero-order valence-electron chi connectivity index (χ0n) is 45.0. The summed E-state index contributed by atoms with van der Waals surface area (Å²) in [5.41, 5.74) is 21.5. The summed E-state index contributed by atoms with van der Waals surface area (Å²) < 4.78 is 11.7. The number of fused-ring (bicyclic) bond motifs is 16. The smallest absolute Gasteiger partial charge is 0.104 e. The van der Waals surface area contributed by atoms with Crippen LogP contribution < -0.4 is 0 Å². The second-order valence-electron chi connectivity index (χ2n) is 22.2. The van der Waals surface area contributed by atoms with Crippen molar-refractivity contribution in [1.29, 1.82) is 10.5 Å². The molecule has 0 radical (unpaired) electrons. The number of hydrogen-bond donors (Lipinski definition) is 0. The van der Waals surface area contributed by atoms with Crippen LogP contribution in [0.15, 0.2) is 152 Å². The Morgan fingerprint density at radius 3 is 1.10 bits per heavy atom. The van der Waals surface area contributed by atoms with Crippen LogP contribution in [0.1, 0.15) is 61.2 Å². The van der Waals surface area contributed by atoms with E-state index in [1.54, 1.807) is 11.3 Å². The largest absolute Gasteiger partial charge is 0.306 e. The van der Waals surface area contributed by atoms with E-state index in [4.69, 9.17) is 0 Å². The molecule has 0 atom stereocenters. The molecule has 0 fully saturated rings. The van der Waals surface area contributed by atoms with Crippen LogP contribution in [-0.4, -0.2) is 18.3 Å². The van der Waals surface area contributed by atoms with Crippen molar-refractivity contribution in [2.45, 2.75) is 62.3 Å². The number of thiophene rings is 1. The van der Waals surface area contributed by atoms with Crippen LogP contribution in [0.25, 0.3) is 130 Å². The van der Waals surface area contributed by atoms with E-state index in [9.17, 15) is 10.5 Å². The lowest BCUT2D eigenvalue weighted by molar-refractivity contribution is 1.02. The van der Waals surface area contributed by atoms with Crippen molar-refractivity contribution in [3.8, 4) is 34.9 Å². The van der Waals surface area contributed by atoms with Crippen LogP contribution in [0.3, 0.4) is 0 Å². The molecule has 7 heteroatoms. The average molecular weight is 1020 g/mol. The molecule has 0 bridgehead atoms. The van der Waals surface area contributed by atoms with Crippen LogP contribution >= 0.6 is 11.3 Å². The van der Waals surface area contributed by atoms with Gasteiger partial charge in [0.05, 0.1) is 71.6 Å². The van der Waals surface area contributed by atoms with Gasteiger partial charge in [0, 0.05) is 58.6 Å². The van der Waals surface area contributed by atoms with Crippen LogP contribution in [0.2, 0.25) is 0 Å². The van der Waals surface area contributed by atoms with E-state index in [1.165, 1.54) is 10.1 Å². The zero-order chi connectivity index (χ0) is 53.3. The zero-order valence-corrected chi connectivity index (χ0v) is 45.8. The fraction of sp³-hybridized carbons (Fsp3) is 0.127. The first-order valence-corrected chi connectivity index (χ1v) is 27.6. The highest BCUT2D eigenvalue weighted by atomic mass is 32.1. The van der Waals surface area contributed by atoms with Gasteiger partial charge in [-0.1, -0.05) is 118 Å². The van der Waals surface area contributed by atoms with Crippen molar-refractivity contribution in [3.63, 3.8) is 0 Å². The minimum atomic E-state index is 0.456. The lowest BCUT2D eigenvalue weighted by Crippen LogP contribution is -2.17. The van der Waals surface area contributed by atoms with Gasteiger partial charge in [-0.15, -0.1) is 11.3 Å². The molecule has 372 valence electrons. The standard InChI is InChI=1S/C71H52N6S/c1-37-18-23-59-50(29-37)53-32-40(4)26-43(7)63(53)74(59)66-56(35-72)68(76-61-25-20-39(3)31-52(61)55-34-42(6)28-45(9)65(55)76)69(57(36-73)67(66)75-60-24-19-38(2)30-51(60)54-33-41(5)27-44(8)64(54)75)77-58-16-12-10-14-46(58)48-21-22-49-47-15-11-13-17-62(47)78-71(49)70(48)77/h10-34H,1-9H3. The van der Waals surface area contributed by atoms with Gasteiger partial charge in [-0.3, -0.25) is 0 Å². The van der Waals surface area contributed by atoms with E-state index in [-0.39, 0.29) is 0 Å². The highest BCUT2D eigenvalue weighted by molar-refractivity contribution is 7.26. The topological polar surface area (TPSA) is 67.3 Å². The van der Waals surface area contributed by atoms with E-state index in [0.717, 1.165) is 147 Å². The fourth-order valence-electron chi connectivity index (χ4n) is 13.9. The molecule has 15 rings (SSSR count). The van der Waals surface area contributed by atoms with Gasteiger partial charge in [0.2, 0.25) is 0 Å². The summed E-state index contributed by atoms with van der Waals surface area (Å²) >= 11 is 1.79. The number of aromatic nitrogens is 4. The number of rotatable bonds is 4. The number of benzene rings is 10. The SMILES string of the molecule is Cc1ccc2c(c1)c1cc(C)cc(C)c1n2-c1c(C#N)c(-n2c3ccc(C)cc3c3cc(C)cc(C)c32)c(-n2c3ccccc3c3ccc4c5ccccc5sc4c32)c(C#N)c1-n1c2ccc(C)cc2c2cc(C)cc(C)c21. The third kappa shape index (κ3) is 6.11. The molecular weight excluding hydrogens is 969 g/mol. The molecule has 0 aliphatic rings. The Morgan fingerprint density at radius 1 is 0.308 bits per heavy atom. The highest BCUT2D eigenvalue weighted by Gasteiger charge is 2.36. The predicted molar refractivity (Wildman–Crippen MR) is 329 cm³/mol. The van der Waals surface area contributed by atoms with Crippen molar-refractivity contribution in [2.24, 2.45) is 0 Å². The summed E-state index contributed by atoms with van der Waals surface area (Å²) in [6.45, 7) is 19.5. The van der Waals surface area contributed by atoms with E-state index in [0.29, 0.717) is 33.9 Å². The number of hydrogen-bond acceptors (Lipinski definition) is 3. The Balaban J connectivity index is 1.31. The van der Waals surface area contributed by atoms with Gasteiger partial charge in [0.15, 0.2) is 0 Å². The molecule has 0 saturated carbocycles. The molecule has 5 aromatic heterocycles. The Bertz CT molecular complexity index is 5340. The summed E-state index contributed by atoms with van der Waals surface area (Å²) in [6.07, 6.45) is 0. The maximum Gasteiger partial charge on any atom is 0.104 e. The first-order chi connectivity index (χ1) is 37.8. The number of nitriles is 2. The predicted octanol–water partition coefficient (Wildman–Crippen LogP) is 19.0. The summed E-state index contributed by atoms with van der Waals surface area (Å²) in [4.78, 5) is 0. The molecular formula is C71H52N6S. The maximum absolute atomic E-state index is 13.0. The van der Waals surface area contributed by atoms with E-state index in [2.05, 4.69) is 244 Å². The molecule has 78 heavy (non-hydrogen) atoms. The Hall–Kier alpha value is -9.40. The number of para-hydroxylation sites is 1. The Morgan fingerprint density at radius 2 is 0.667 bits per heavy atom. The van der Waals surface area contributed by atoms with Gasteiger partial charge < -0.3 is 18.3 Å². The van der Waals surface area contributed by atoms with Gasteiger partial charge in [0.25, 0.3) is 0 Å². The molecule has 0 aliphatic heterocycles. The van der Waals surface area contributed by atoms with Crippen LogP contribution in [-0.2, 0) is 0 Å². The van der Waals surface area contributed by atoms with Gasteiger partial charge in [-0.25, -0.2) is 0 Å². The first-order valence-electron chi connectivity index (χ1n) is 26.8. The molecule has 0 aliphatic carbocycles. The highest BCUT2D eigenvalue weighted by Crippen LogP contribution is 2.51. The van der Waals surface area contributed by atoms with E-state index < -0.39 is 0 Å². The third-order valence-electron chi connectivity index (χ3n) is 16.7. The molecule has 0 N–H and O–H groups in total. The quantitative estimate of drug-likeness (QED) is 0.176. The maximum atomic E-state index is 13.0. The monoisotopic (exact) mass is 1020 g/mol. The van der Waals surface area contributed by atoms with Crippen molar-refractivity contribution >= 4 is 119 Å². The number of nitrogens with zero attached hydrogens (tertiary/aromatic N) is 6. The summed E-state index contributed by atoms with van der Waals surface area (Å²) in [5, 5.41) is 37.0. The molecule has 15 aromatic rings. The van der Waals surface area contributed by atoms with Crippen molar-refractivity contribution < 1.29 is 0 Å². The fourth-order valence-corrected chi connectivity index (χ4v) is 15.1. The molecule has 0 amide bonds. The lowest BCUT2D eigenvalue weighted by Gasteiger charge is -2.27. The second kappa shape index (κ2) is 16.3. The molecule has 5 heterocycles. The van der Waals surface area contributed by atoms with E-state index >= 15 is 0 Å². The van der Waals surface area contributed by atoms with Crippen molar-refractivity contribution in [3.05, 3.63) is 213 Å². The second-order valence-corrected chi connectivity index (χ2v) is 23.2. The van der Waals surface area contributed by atoms with Gasteiger partial charge in [-0.2, -0.15) is 10.5 Å². The molecule has 0 saturated heterocycles. The molecule has 0 unspecified atom stereocenters. The summed E-state index contributed by atoms with van der Waals surface area (Å²) in [6, 6.07) is 61.6. The first kappa shape index (κ1) is 45.9. The summed E-state index contributed by atoms with van der Waals surface area (Å²) in [5.74, 6) is 0. The Kier molecular flexibility index (Phi) is 9.61. The number of aryl methyl sites for hydroxylation is 9. The normalized spacial score (nSPS) is 12.1. The minimum absolute atomic E-state index is 0.456. The Labute approximate surface area is 455 Å². The average Bonchev–Trinajstić information content (AvgIpc) is 4.28. The minimum Gasteiger partial charge on any atom is -0.306 e. The van der Waals surface area contributed by atoms with Gasteiger partial charge in [0.1, 0.15) is 23.3 Å². The lowest BCUT2D eigenvalue weighted by atomic mass is 9.98. The molecule has 0 spiro atoms. The van der Waals surface area contributed by atoms with Crippen LogP contribution in [0.5, 0.6) is 0 Å². The van der Waals surface area contributed by atoms with Crippen molar-refractivity contribution in [1.82, 2.24) is 18.3 Å². The van der Waals surface area contributed by atoms with E-state index in [1.807, 2.05) is 0 Å². The van der Waals surface area contributed by atoms with Crippen LogP contribution in [0.4, 0.5) is 0 Å². The van der Waals surface area contributed by atoms with Crippen molar-refractivity contribution in [2.75, 3.05) is 0 Å². The summed E-state index contributed by atoms with van der Waals surface area (Å²) in [7, 11) is 0. The molecule has 10 aromatic carbocycles. The van der Waals surface area contributed by atoms with Crippen LogP contribution in [0, 0.1) is 85.0 Å².